The highest BCUT2D eigenvalue weighted by atomic mass is 16.4. The van der Waals surface area contributed by atoms with Crippen LogP contribution in [0, 0.1) is 23.2 Å². The molecule has 2 rings (SSSR count). The molecule has 2 saturated carbocycles. The van der Waals surface area contributed by atoms with E-state index < -0.39 is 23.2 Å². The molecular weight excluding hydrogens is 272 g/mol. The van der Waals surface area contributed by atoms with Gasteiger partial charge in [0.15, 0.2) is 0 Å². The minimum Gasteiger partial charge on any atom is -0.396 e. The van der Waals surface area contributed by atoms with E-state index in [4.69, 9.17) is 5.11 Å². The molecule has 0 aromatic heterocycles. The van der Waals surface area contributed by atoms with Crippen LogP contribution in [0.3, 0.4) is 0 Å². The van der Waals surface area contributed by atoms with Crippen molar-refractivity contribution in [1.29, 1.82) is 0 Å². The van der Waals surface area contributed by atoms with Crippen LogP contribution in [-0.2, 0) is 4.79 Å². The maximum atomic E-state index is 12.6. The molecule has 0 aliphatic heterocycles. The molecule has 0 unspecified atom stereocenters. The zero-order valence-electron chi connectivity index (χ0n) is 13.1. The summed E-state index contributed by atoms with van der Waals surface area (Å²) >= 11 is 0. The van der Waals surface area contributed by atoms with E-state index >= 15 is 0 Å². The van der Waals surface area contributed by atoms with Crippen LogP contribution in [0.2, 0.25) is 0 Å². The first-order valence-corrected chi connectivity index (χ1v) is 7.90. The molecule has 21 heavy (non-hydrogen) atoms. The monoisotopic (exact) mass is 300 g/mol. The highest BCUT2D eigenvalue weighted by Crippen LogP contribution is 2.56. The SMILES string of the molecule is C[C@H]1CC[C@H]2[C@H](C1)[C@@H](O)[C@@H](O)[C@@](C)(O)[C@]2(C)C(=O)CCO. The fourth-order valence-corrected chi connectivity index (χ4v) is 4.62. The van der Waals surface area contributed by atoms with Crippen molar-refractivity contribution in [2.75, 3.05) is 6.61 Å². The first-order valence-electron chi connectivity index (χ1n) is 7.90. The summed E-state index contributed by atoms with van der Waals surface area (Å²) in [6.07, 6.45) is 0.0518. The predicted molar refractivity (Wildman–Crippen MR) is 77.4 cm³/mol. The van der Waals surface area contributed by atoms with E-state index in [1.54, 1.807) is 6.92 Å². The Balaban J connectivity index is 2.45. The number of ketones is 1. The van der Waals surface area contributed by atoms with Crippen LogP contribution in [0.25, 0.3) is 0 Å². The van der Waals surface area contributed by atoms with Crippen molar-refractivity contribution < 1.29 is 25.2 Å². The van der Waals surface area contributed by atoms with Gasteiger partial charge in [0.1, 0.15) is 17.5 Å². The van der Waals surface area contributed by atoms with Crippen LogP contribution < -0.4 is 0 Å². The molecule has 4 N–H and O–H groups in total. The van der Waals surface area contributed by atoms with Gasteiger partial charge in [-0.3, -0.25) is 4.79 Å². The largest absolute Gasteiger partial charge is 0.396 e. The van der Waals surface area contributed by atoms with Crippen molar-refractivity contribution in [3.8, 4) is 0 Å². The van der Waals surface area contributed by atoms with Gasteiger partial charge < -0.3 is 20.4 Å². The summed E-state index contributed by atoms with van der Waals surface area (Å²) in [6.45, 7) is 4.96. The van der Waals surface area contributed by atoms with Crippen molar-refractivity contribution in [3.63, 3.8) is 0 Å². The summed E-state index contributed by atoms with van der Waals surface area (Å²) < 4.78 is 0. The number of Topliss-reactive ketones (excluding diaryl/α,β-unsaturated/α-hetero) is 1. The van der Waals surface area contributed by atoms with Crippen molar-refractivity contribution in [2.45, 2.75) is 64.3 Å². The van der Waals surface area contributed by atoms with Crippen LogP contribution >= 0.6 is 0 Å². The molecule has 0 spiro atoms. The summed E-state index contributed by atoms with van der Waals surface area (Å²) in [5.41, 5.74) is -2.83. The lowest BCUT2D eigenvalue weighted by Gasteiger charge is -2.59. The second-order valence-corrected chi connectivity index (χ2v) is 7.37. The third-order valence-electron chi connectivity index (χ3n) is 6.21. The molecule has 5 nitrogen and oxygen atoms in total. The molecule has 122 valence electrons. The Morgan fingerprint density at radius 2 is 1.86 bits per heavy atom. The third kappa shape index (κ3) is 2.34. The highest BCUT2D eigenvalue weighted by Gasteiger charge is 2.65. The van der Waals surface area contributed by atoms with Gasteiger partial charge in [-0.2, -0.15) is 0 Å². The Morgan fingerprint density at radius 1 is 1.24 bits per heavy atom. The van der Waals surface area contributed by atoms with Gasteiger partial charge in [0.25, 0.3) is 0 Å². The van der Waals surface area contributed by atoms with E-state index in [0.717, 1.165) is 19.3 Å². The molecule has 7 atom stereocenters. The lowest BCUT2D eigenvalue weighted by atomic mass is 9.48. The standard InChI is InChI=1S/C16H28O5/c1-9-4-5-11-10(8-9)13(19)14(20)16(3,21)15(11,2)12(18)6-7-17/h9-11,13-14,17,19-21H,4-8H2,1-3H3/t9-,10-,11-,13+,14+,15-,16+/m0/s1. The number of aliphatic hydroxyl groups excluding tert-OH is 3. The molecule has 2 aliphatic carbocycles. The summed E-state index contributed by atoms with van der Waals surface area (Å²) in [5.74, 6) is -0.142. The van der Waals surface area contributed by atoms with Crippen molar-refractivity contribution in [1.82, 2.24) is 0 Å². The van der Waals surface area contributed by atoms with Crippen LogP contribution in [0.4, 0.5) is 0 Å². The van der Waals surface area contributed by atoms with Gasteiger partial charge in [-0.1, -0.05) is 13.3 Å². The zero-order chi connectivity index (χ0) is 16.0. The lowest BCUT2D eigenvalue weighted by molar-refractivity contribution is -0.248. The maximum Gasteiger partial charge on any atom is 0.144 e. The quantitative estimate of drug-likeness (QED) is 0.608. The maximum absolute atomic E-state index is 12.6. The average molecular weight is 300 g/mol. The Hall–Kier alpha value is -0.490. The summed E-state index contributed by atoms with van der Waals surface area (Å²) in [4.78, 5) is 12.6. The number of aliphatic hydroxyl groups is 4. The Labute approximate surface area is 126 Å². The molecule has 0 amide bonds. The van der Waals surface area contributed by atoms with Crippen molar-refractivity contribution in [2.24, 2.45) is 23.2 Å². The van der Waals surface area contributed by atoms with Gasteiger partial charge in [-0.25, -0.2) is 0 Å². The molecule has 0 heterocycles. The van der Waals surface area contributed by atoms with Gasteiger partial charge in [-0.15, -0.1) is 0 Å². The first kappa shape index (κ1) is 16.9. The van der Waals surface area contributed by atoms with Gasteiger partial charge >= 0.3 is 0 Å². The number of rotatable bonds is 3. The van der Waals surface area contributed by atoms with Gasteiger partial charge in [0.05, 0.1) is 11.5 Å². The topological polar surface area (TPSA) is 98.0 Å². The molecule has 0 aromatic rings. The molecule has 5 heteroatoms. The Morgan fingerprint density at radius 3 is 2.43 bits per heavy atom. The second-order valence-electron chi connectivity index (χ2n) is 7.37. The molecule has 0 aromatic carbocycles. The molecule has 0 saturated heterocycles. The smallest absolute Gasteiger partial charge is 0.144 e. The number of carbonyl (C=O) groups excluding carboxylic acids is 1. The van der Waals surface area contributed by atoms with Crippen LogP contribution in [0.5, 0.6) is 0 Å². The molecule has 2 fully saturated rings. The van der Waals surface area contributed by atoms with Crippen LogP contribution in [0.1, 0.15) is 46.5 Å². The second kappa shape index (κ2) is 5.61. The van der Waals surface area contributed by atoms with E-state index in [1.165, 1.54) is 6.92 Å². The number of hydrogen-bond acceptors (Lipinski definition) is 5. The van der Waals surface area contributed by atoms with E-state index in [-0.39, 0.29) is 30.6 Å². The molecule has 0 bridgehead atoms. The van der Waals surface area contributed by atoms with Crippen LogP contribution in [0.15, 0.2) is 0 Å². The van der Waals surface area contributed by atoms with Gasteiger partial charge in [0.2, 0.25) is 0 Å². The molecule has 0 radical (unpaired) electrons. The van der Waals surface area contributed by atoms with Gasteiger partial charge in [0, 0.05) is 13.0 Å². The number of hydrogen-bond donors (Lipinski definition) is 4. The minimum atomic E-state index is -1.69. The summed E-state index contributed by atoms with van der Waals surface area (Å²) in [5, 5.41) is 40.7. The normalized spacial score (nSPS) is 50.5. The first-order chi connectivity index (χ1) is 9.67. The summed E-state index contributed by atoms with van der Waals surface area (Å²) in [6, 6.07) is 0. The van der Waals surface area contributed by atoms with E-state index in [1.807, 2.05) is 0 Å². The number of carbonyl (C=O) groups is 1. The van der Waals surface area contributed by atoms with E-state index in [2.05, 4.69) is 6.92 Å². The Kier molecular flexibility index (Phi) is 4.51. The highest BCUT2D eigenvalue weighted by molar-refractivity contribution is 5.86. The van der Waals surface area contributed by atoms with Crippen molar-refractivity contribution >= 4 is 5.78 Å². The molecule has 2 aliphatic rings. The van der Waals surface area contributed by atoms with Crippen molar-refractivity contribution in [3.05, 3.63) is 0 Å². The zero-order valence-corrected chi connectivity index (χ0v) is 13.1. The summed E-state index contributed by atoms with van der Waals surface area (Å²) in [7, 11) is 0. The lowest BCUT2D eigenvalue weighted by Crippen LogP contribution is -2.70. The fourth-order valence-electron chi connectivity index (χ4n) is 4.62. The van der Waals surface area contributed by atoms with E-state index in [9.17, 15) is 20.1 Å². The fraction of sp³-hybridized carbons (Fsp3) is 0.938. The third-order valence-corrected chi connectivity index (χ3v) is 6.21. The predicted octanol–water partition coefficient (Wildman–Crippen LogP) is 0.483. The Bertz CT molecular complexity index is 407. The van der Waals surface area contributed by atoms with Crippen LogP contribution in [-0.4, -0.2) is 50.6 Å². The minimum absolute atomic E-state index is 0.0335. The van der Waals surface area contributed by atoms with E-state index in [0.29, 0.717) is 5.92 Å². The number of fused-ring (bicyclic) bond motifs is 1. The van der Waals surface area contributed by atoms with Gasteiger partial charge in [-0.05, 0) is 44.4 Å². The average Bonchev–Trinajstić information content (AvgIpc) is 2.43. The molecular formula is C16H28O5.